The zero-order valence-corrected chi connectivity index (χ0v) is 22.1. The quantitative estimate of drug-likeness (QED) is 0.508. The van der Waals surface area contributed by atoms with Crippen molar-refractivity contribution in [2.75, 3.05) is 19.7 Å². The van der Waals surface area contributed by atoms with Gasteiger partial charge in [-0.1, -0.05) is 75.7 Å². The third-order valence-corrected chi connectivity index (χ3v) is 6.46. The van der Waals surface area contributed by atoms with Crippen LogP contribution < -0.4 is 26.0 Å². The van der Waals surface area contributed by atoms with Gasteiger partial charge in [-0.05, 0) is 42.4 Å². The first-order valence-corrected chi connectivity index (χ1v) is 13.3. The zero-order chi connectivity index (χ0) is 26.6. The summed E-state index contributed by atoms with van der Waals surface area (Å²) in [7, 11) is 0. The van der Waals surface area contributed by atoms with E-state index in [2.05, 4.69) is 21.3 Å². The number of amides is 3. The smallest absolute Gasteiger partial charge is 0.243 e. The molecule has 0 spiro atoms. The second kappa shape index (κ2) is 14.4. The predicted molar refractivity (Wildman–Crippen MR) is 144 cm³/mol. The van der Waals surface area contributed by atoms with E-state index in [0.717, 1.165) is 36.1 Å². The Bertz CT molecular complexity index is 1030. The predicted octanol–water partition coefficient (Wildman–Crippen LogP) is 2.88. The minimum absolute atomic E-state index is 0.170. The number of carbonyl (C=O) groups excluding carboxylic acids is 3. The van der Waals surface area contributed by atoms with E-state index in [9.17, 15) is 14.4 Å². The maximum absolute atomic E-state index is 13.5. The van der Waals surface area contributed by atoms with Gasteiger partial charge in [-0.25, -0.2) is 0 Å². The Balaban J connectivity index is 1.87. The van der Waals surface area contributed by atoms with Gasteiger partial charge in [0.05, 0.1) is 0 Å². The molecule has 0 fully saturated rings. The van der Waals surface area contributed by atoms with Crippen LogP contribution in [0.25, 0.3) is 0 Å². The summed E-state index contributed by atoms with van der Waals surface area (Å²) in [5, 5.41) is 12.1. The van der Waals surface area contributed by atoms with Crippen LogP contribution in [-0.4, -0.2) is 49.5 Å². The van der Waals surface area contributed by atoms with Crippen molar-refractivity contribution in [3.05, 3.63) is 65.7 Å². The van der Waals surface area contributed by atoms with Crippen molar-refractivity contribution in [3.63, 3.8) is 0 Å². The van der Waals surface area contributed by atoms with Gasteiger partial charge in [0, 0.05) is 13.1 Å². The molecule has 0 unspecified atom stereocenters. The normalized spacial score (nSPS) is 22.5. The van der Waals surface area contributed by atoms with Crippen LogP contribution in [-0.2, 0) is 20.8 Å². The van der Waals surface area contributed by atoms with Crippen LogP contribution in [0.1, 0.15) is 57.2 Å². The number of aryl methyl sites for hydroxylation is 1. The number of para-hydroxylation sites is 1. The van der Waals surface area contributed by atoms with Crippen molar-refractivity contribution in [1.29, 1.82) is 0 Å². The Morgan fingerprint density at radius 1 is 0.892 bits per heavy atom. The van der Waals surface area contributed by atoms with Gasteiger partial charge in [0.1, 0.15) is 30.5 Å². The van der Waals surface area contributed by atoms with Crippen molar-refractivity contribution in [1.82, 2.24) is 21.3 Å². The molecule has 1 aliphatic rings. The molecule has 200 valence electrons. The van der Waals surface area contributed by atoms with E-state index in [-0.39, 0.29) is 23.6 Å². The summed E-state index contributed by atoms with van der Waals surface area (Å²) in [5.74, 6) is -0.247. The van der Waals surface area contributed by atoms with E-state index >= 15 is 0 Å². The Morgan fingerprint density at radius 2 is 1.62 bits per heavy atom. The number of fused-ring (bicyclic) bond motifs is 1. The largest absolute Gasteiger partial charge is 0.492 e. The molecule has 0 radical (unpaired) electrons. The summed E-state index contributed by atoms with van der Waals surface area (Å²) in [6.07, 6.45) is 2.75. The highest BCUT2D eigenvalue weighted by Gasteiger charge is 2.31. The second-order valence-corrected chi connectivity index (χ2v) is 9.73. The van der Waals surface area contributed by atoms with Gasteiger partial charge in [0.2, 0.25) is 17.7 Å². The van der Waals surface area contributed by atoms with Gasteiger partial charge in [-0.3, -0.25) is 19.7 Å². The third kappa shape index (κ3) is 8.32. The fourth-order valence-corrected chi connectivity index (χ4v) is 4.43. The van der Waals surface area contributed by atoms with Gasteiger partial charge in [-0.15, -0.1) is 0 Å². The highest BCUT2D eigenvalue weighted by molar-refractivity contribution is 5.93. The van der Waals surface area contributed by atoms with E-state index in [1.54, 1.807) is 0 Å². The number of hydrogen-bond acceptors (Lipinski definition) is 5. The molecule has 3 atom stereocenters. The lowest BCUT2D eigenvalue weighted by Crippen LogP contribution is -2.56. The first kappa shape index (κ1) is 28.2. The van der Waals surface area contributed by atoms with Gasteiger partial charge in [-0.2, -0.15) is 0 Å². The first-order valence-electron chi connectivity index (χ1n) is 13.3. The monoisotopic (exact) mass is 508 g/mol. The Morgan fingerprint density at radius 3 is 2.35 bits per heavy atom. The molecule has 0 bridgehead atoms. The molecule has 37 heavy (non-hydrogen) atoms. The summed E-state index contributed by atoms with van der Waals surface area (Å²) in [6.45, 7) is 7.03. The van der Waals surface area contributed by atoms with Crippen LogP contribution in [0.3, 0.4) is 0 Å². The van der Waals surface area contributed by atoms with Gasteiger partial charge in [0.25, 0.3) is 0 Å². The van der Waals surface area contributed by atoms with Gasteiger partial charge in [0.15, 0.2) is 0 Å². The van der Waals surface area contributed by atoms with Gasteiger partial charge >= 0.3 is 0 Å². The molecule has 3 rings (SSSR count). The summed E-state index contributed by atoms with van der Waals surface area (Å²) in [4.78, 5) is 39.6. The molecular weight excluding hydrogens is 468 g/mol. The van der Waals surface area contributed by atoms with Crippen molar-refractivity contribution in [2.45, 2.75) is 64.6 Å². The molecule has 8 nitrogen and oxygen atoms in total. The maximum Gasteiger partial charge on any atom is 0.243 e. The second-order valence-electron chi connectivity index (χ2n) is 9.73. The van der Waals surface area contributed by atoms with E-state index in [0.29, 0.717) is 26.1 Å². The van der Waals surface area contributed by atoms with Crippen molar-refractivity contribution < 1.29 is 19.1 Å². The summed E-state index contributed by atoms with van der Waals surface area (Å²) in [6, 6.07) is 15.2. The maximum atomic E-state index is 13.5. The number of hydrogen-bond donors (Lipinski definition) is 4. The average molecular weight is 509 g/mol. The number of ether oxygens (including phenoxy) is 1. The fourth-order valence-electron chi connectivity index (χ4n) is 4.43. The summed E-state index contributed by atoms with van der Waals surface area (Å²) < 4.78 is 6.05. The molecule has 2 aromatic carbocycles. The zero-order valence-electron chi connectivity index (χ0n) is 22.1. The average Bonchev–Trinajstić information content (AvgIpc) is 2.89. The molecule has 4 N–H and O–H groups in total. The lowest BCUT2D eigenvalue weighted by Gasteiger charge is -2.27. The highest BCUT2D eigenvalue weighted by atomic mass is 16.5. The van der Waals surface area contributed by atoms with Crippen LogP contribution in [0.15, 0.2) is 54.6 Å². The topological polar surface area (TPSA) is 109 Å². The number of rotatable bonds is 4. The standard InChI is InChI=1S/C29H40N4O4/c1-4-11-23-27(34)31-17-10-15-21-12-8-9-16-24(21)37-19-18-30-26(22-13-6-5-7-14-22)29(36)33-25(20(2)3)28(35)32-23/h5-9,12-14,16,20,23,25-26,30H,4,10-11,15,17-19H2,1-3H3,(H,31,34)(H,32,35)(H,33,36)/t23-,25+,26+/m0/s1. The van der Waals surface area contributed by atoms with Crippen LogP contribution >= 0.6 is 0 Å². The molecule has 1 heterocycles. The van der Waals surface area contributed by atoms with Crippen molar-refractivity contribution in [2.24, 2.45) is 5.92 Å². The van der Waals surface area contributed by atoms with Crippen LogP contribution in [0.5, 0.6) is 5.75 Å². The lowest BCUT2D eigenvalue weighted by molar-refractivity contribution is -0.133. The molecule has 0 saturated heterocycles. The fraction of sp³-hybridized carbons (Fsp3) is 0.483. The molecule has 1 aliphatic heterocycles. The third-order valence-electron chi connectivity index (χ3n) is 6.46. The van der Waals surface area contributed by atoms with E-state index in [1.165, 1.54) is 0 Å². The van der Waals surface area contributed by atoms with Gasteiger partial charge < -0.3 is 20.7 Å². The molecule has 8 heteroatoms. The van der Waals surface area contributed by atoms with Crippen molar-refractivity contribution >= 4 is 17.7 Å². The van der Waals surface area contributed by atoms with Crippen LogP contribution in [0.2, 0.25) is 0 Å². The lowest BCUT2D eigenvalue weighted by atomic mass is 10.00. The molecule has 3 amide bonds. The molecule has 0 aliphatic carbocycles. The van der Waals surface area contributed by atoms with Crippen molar-refractivity contribution in [3.8, 4) is 5.75 Å². The Hall–Kier alpha value is -3.39. The number of nitrogens with one attached hydrogen (secondary N) is 4. The van der Waals surface area contributed by atoms with E-state index in [4.69, 9.17) is 4.74 Å². The first-order chi connectivity index (χ1) is 17.9. The molecule has 0 aromatic heterocycles. The minimum atomic E-state index is -0.783. The Kier molecular flexibility index (Phi) is 11.0. The summed E-state index contributed by atoms with van der Waals surface area (Å²) >= 11 is 0. The minimum Gasteiger partial charge on any atom is -0.492 e. The Labute approximate surface area is 219 Å². The number of carbonyl (C=O) groups is 3. The molecule has 0 saturated carbocycles. The van der Waals surface area contributed by atoms with E-state index < -0.39 is 18.1 Å². The molecular formula is C29H40N4O4. The molecule has 2 aromatic rings. The SMILES string of the molecule is CCC[C@@H]1NC(=O)[C@@H](C(C)C)NC(=O)[C@@H](c2ccccc2)NCCOc2ccccc2CCCNC1=O. The summed E-state index contributed by atoms with van der Waals surface area (Å²) in [5.41, 5.74) is 1.86. The van der Waals surface area contributed by atoms with E-state index in [1.807, 2.05) is 75.4 Å². The van der Waals surface area contributed by atoms with Crippen LogP contribution in [0, 0.1) is 5.92 Å². The highest BCUT2D eigenvalue weighted by Crippen LogP contribution is 2.20. The van der Waals surface area contributed by atoms with Crippen LogP contribution in [0.4, 0.5) is 0 Å². The number of benzene rings is 2.